The van der Waals surface area contributed by atoms with Gasteiger partial charge < -0.3 is 24.0 Å². The summed E-state index contributed by atoms with van der Waals surface area (Å²) in [6.45, 7) is 4.86. The Hall–Kier alpha value is -3.70. The lowest BCUT2D eigenvalue weighted by atomic mass is 9.91. The van der Waals surface area contributed by atoms with Gasteiger partial charge in [-0.1, -0.05) is 29.8 Å². The lowest BCUT2D eigenvalue weighted by molar-refractivity contribution is -0.178. The van der Waals surface area contributed by atoms with Crippen molar-refractivity contribution in [3.8, 4) is 17.3 Å². The zero-order valence-electron chi connectivity index (χ0n) is 29.3. The number of hydrogen-bond donors (Lipinski definition) is 0. The van der Waals surface area contributed by atoms with E-state index in [1.54, 1.807) is 11.0 Å². The fourth-order valence-electron chi connectivity index (χ4n) is 9.24. The second-order valence-corrected chi connectivity index (χ2v) is 15.8. The molecule has 2 unspecified atom stereocenters. The van der Waals surface area contributed by atoms with Crippen LogP contribution in [0, 0.1) is 5.82 Å². The molecule has 1 spiro atoms. The van der Waals surface area contributed by atoms with Crippen LogP contribution in [0.3, 0.4) is 0 Å². The number of pyridine rings is 1. The van der Waals surface area contributed by atoms with E-state index in [2.05, 4.69) is 19.8 Å². The zero-order valence-corrected chi connectivity index (χ0v) is 30.1. The number of morpholine rings is 1. The Kier molecular flexibility index (Phi) is 8.99. The Morgan fingerprint density at radius 2 is 1.91 bits per heavy atom. The summed E-state index contributed by atoms with van der Waals surface area (Å²) in [4.78, 5) is 34.9. The highest BCUT2D eigenvalue weighted by molar-refractivity contribution is 6.31. The van der Waals surface area contributed by atoms with Gasteiger partial charge in [-0.05, 0) is 25.5 Å². The van der Waals surface area contributed by atoms with Crippen LogP contribution < -0.4 is 9.64 Å². The van der Waals surface area contributed by atoms with Crippen molar-refractivity contribution >= 4 is 34.2 Å². The Balaban J connectivity index is 1.04. The van der Waals surface area contributed by atoms with Gasteiger partial charge in [0.15, 0.2) is 5.82 Å². The number of hydrogen-bond acceptors (Lipinski definition) is 10. The van der Waals surface area contributed by atoms with E-state index in [1.807, 2.05) is 11.0 Å². The lowest BCUT2D eigenvalue weighted by Gasteiger charge is -2.55. The van der Waals surface area contributed by atoms with Crippen molar-refractivity contribution in [3.63, 3.8) is 0 Å². The average molecular weight is 776 g/mol. The number of aromatic nitrogens is 3. The molecule has 10 rings (SSSR count). The van der Waals surface area contributed by atoms with Crippen molar-refractivity contribution in [1.82, 2.24) is 29.7 Å². The molecule has 7 aliphatic rings. The van der Waals surface area contributed by atoms with Gasteiger partial charge >= 0.3 is 12.2 Å². The monoisotopic (exact) mass is 775 g/mol. The van der Waals surface area contributed by atoms with Crippen LogP contribution in [0.1, 0.15) is 31.2 Å². The van der Waals surface area contributed by atoms with Gasteiger partial charge in [-0.3, -0.25) is 19.6 Å². The minimum absolute atomic E-state index is 0.0581. The van der Waals surface area contributed by atoms with E-state index in [0.717, 1.165) is 44.6 Å². The van der Waals surface area contributed by atoms with Crippen molar-refractivity contribution in [3.05, 3.63) is 53.0 Å². The first-order valence-electron chi connectivity index (χ1n) is 18.3. The first-order chi connectivity index (χ1) is 25.9. The van der Waals surface area contributed by atoms with Crippen LogP contribution in [0.5, 0.6) is 6.01 Å². The predicted molar refractivity (Wildman–Crippen MR) is 188 cm³/mol. The number of alkyl halides is 4. The largest absolute Gasteiger partial charge is 0.461 e. The molecule has 288 valence electrons. The van der Waals surface area contributed by atoms with Crippen LogP contribution in [0.15, 0.2) is 36.5 Å². The topological polar surface area (TPSA) is 96.4 Å². The van der Waals surface area contributed by atoms with Crippen LogP contribution in [0.2, 0.25) is 5.02 Å². The molecule has 0 saturated carbocycles. The van der Waals surface area contributed by atoms with E-state index in [4.69, 9.17) is 30.8 Å². The summed E-state index contributed by atoms with van der Waals surface area (Å²) in [5.74, 6) is -0.988. The fourth-order valence-corrected chi connectivity index (χ4v) is 9.52. The second-order valence-electron chi connectivity index (χ2n) is 15.4. The third kappa shape index (κ3) is 6.27. The summed E-state index contributed by atoms with van der Waals surface area (Å²) in [6.07, 6.45) is 2.35. The van der Waals surface area contributed by atoms with E-state index in [-0.39, 0.29) is 73.6 Å². The van der Waals surface area contributed by atoms with E-state index >= 15 is 4.39 Å². The summed E-state index contributed by atoms with van der Waals surface area (Å²) < 4.78 is 91.4. The molecule has 2 bridgehead atoms. The molecule has 7 aliphatic heterocycles. The quantitative estimate of drug-likeness (QED) is 0.232. The Morgan fingerprint density at radius 1 is 1.11 bits per heavy atom. The van der Waals surface area contributed by atoms with Gasteiger partial charge in [-0.25, -0.2) is 8.78 Å². The average Bonchev–Trinajstić information content (AvgIpc) is 3.64. The second kappa shape index (κ2) is 13.5. The Bertz CT molecular complexity index is 1990. The highest BCUT2D eigenvalue weighted by Crippen LogP contribution is 2.44. The molecule has 7 saturated heterocycles. The molecule has 9 heterocycles. The highest BCUT2D eigenvalue weighted by Gasteiger charge is 2.51. The van der Waals surface area contributed by atoms with E-state index in [9.17, 15) is 22.4 Å². The normalized spacial score (nSPS) is 28.1. The third-order valence-electron chi connectivity index (χ3n) is 11.8. The molecular weight excluding hydrogens is 737 g/mol. The van der Waals surface area contributed by atoms with Crippen molar-refractivity contribution in [2.75, 3.05) is 77.1 Å². The Labute approximate surface area is 313 Å². The number of piperidine rings is 1. The summed E-state index contributed by atoms with van der Waals surface area (Å²) in [5.41, 5.74) is -3.87. The Morgan fingerprint density at radius 3 is 2.65 bits per heavy atom. The standard InChI is InChI=1S/C37H39ClF5N7O4/c38-27-5-1-4-25(29(27)37(41,42)43)31-30(40)32-26(14-44-31)33(46-34(45-32)53-21-35-7-3-9-49(35)15-22(39)13-35)48-10-11-50(36(18-48)19-52-20-36)28(51)6-2-8-47-16-23-12-24(17-47)54-23/h1-2,4-6,14,22-24H,3,7-13,15-21H2/b6-2+/t22-,23?,24?,35+/m1/s1. The van der Waals surface area contributed by atoms with Gasteiger partial charge in [0.25, 0.3) is 0 Å². The van der Waals surface area contributed by atoms with E-state index in [1.165, 1.54) is 12.3 Å². The van der Waals surface area contributed by atoms with E-state index in [0.29, 0.717) is 32.6 Å². The van der Waals surface area contributed by atoms with Crippen LogP contribution in [0.4, 0.5) is 27.8 Å². The van der Waals surface area contributed by atoms with Gasteiger partial charge in [0.1, 0.15) is 35.3 Å². The van der Waals surface area contributed by atoms with Gasteiger partial charge in [0.2, 0.25) is 5.91 Å². The molecule has 1 amide bonds. The number of carbonyl (C=O) groups is 1. The lowest BCUT2D eigenvalue weighted by Crippen LogP contribution is -2.72. The zero-order chi connectivity index (χ0) is 37.4. The molecule has 1 aromatic carbocycles. The van der Waals surface area contributed by atoms with Gasteiger partial charge in [0.05, 0.1) is 46.9 Å². The van der Waals surface area contributed by atoms with Crippen LogP contribution in [-0.2, 0) is 20.4 Å². The molecule has 0 N–H and O–H groups in total. The van der Waals surface area contributed by atoms with Crippen molar-refractivity contribution in [2.24, 2.45) is 0 Å². The van der Waals surface area contributed by atoms with Crippen molar-refractivity contribution in [1.29, 1.82) is 0 Å². The van der Waals surface area contributed by atoms with Crippen molar-refractivity contribution < 1.29 is 41.0 Å². The minimum atomic E-state index is -4.89. The van der Waals surface area contributed by atoms with Gasteiger partial charge in [-0.15, -0.1) is 0 Å². The van der Waals surface area contributed by atoms with Crippen LogP contribution >= 0.6 is 11.6 Å². The number of nitrogens with zero attached hydrogens (tertiary/aromatic N) is 7. The number of rotatable bonds is 8. The molecule has 11 nitrogen and oxygen atoms in total. The highest BCUT2D eigenvalue weighted by atomic mass is 35.5. The smallest absolute Gasteiger partial charge is 0.418 e. The molecule has 2 aromatic heterocycles. The maximum atomic E-state index is 16.7. The van der Waals surface area contributed by atoms with E-state index < -0.39 is 51.1 Å². The SMILES string of the molecule is O=C(/C=C/CN1CC2CC(C1)O2)N1CCN(c2nc(OC[C@@]34CCCN3C[C@H](F)C4)nc3c(F)c(-c4cccc(Cl)c4C(F)(F)F)ncc23)CC12COC2. The molecule has 0 aliphatic carbocycles. The van der Waals surface area contributed by atoms with Gasteiger partial charge in [0, 0.05) is 76.5 Å². The molecule has 0 radical (unpaired) electrons. The number of fused-ring (bicyclic) bond motifs is 4. The van der Waals surface area contributed by atoms with Gasteiger partial charge in [-0.2, -0.15) is 23.1 Å². The number of anilines is 1. The molecule has 4 atom stereocenters. The summed E-state index contributed by atoms with van der Waals surface area (Å²) in [6, 6.07) is 3.30. The fraction of sp³-hybridized carbons (Fsp3) is 0.568. The number of amides is 1. The number of benzene rings is 1. The molecule has 3 aromatic rings. The maximum absolute atomic E-state index is 16.7. The van der Waals surface area contributed by atoms with Crippen LogP contribution in [-0.4, -0.2) is 137 Å². The minimum Gasteiger partial charge on any atom is -0.461 e. The number of carbonyl (C=O) groups excluding carboxylic acids is 1. The first-order valence-corrected chi connectivity index (χ1v) is 18.7. The summed E-state index contributed by atoms with van der Waals surface area (Å²) in [5, 5.41) is -0.437. The molecular formula is C37H39ClF5N7O4. The third-order valence-corrected chi connectivity index (χ3v) is 12.2. The first kappa shape index (κ1) is 36.0. The summed E-state index contributed by atoms with van der Waals surface area (Å²) >= 11 is 5.99. The molecule has 54 heavy (non-hydrogen) atoms. The number of halogens is 6. The molecule has 17 heteroatoms. The predicted octanol–water partition coefficient (Wildman–Crippen LogP) is 4.91. The summed E-state index contributed by atoms with van der Waals surface area (Å²) in [7, 11) is 0. The molecule has 7 fully saturated rings. The maximum Gasteiger partial charge on any atom is 0.418 e. The van der Waals surface area contributed by atoms with Crippen molar-refractivity contribution in [2.45, 2.75) is 61.3 Å². The number of piperazine rings is 1. The van der Waals surface area contributed by atoms with Crippen LogP contribution in [0.25, 0.3) is 22.2 Å². The number of ether oxygens (including phenoxy) is 3.